The number of amides is 1. The second-order valence-corrected chi connectivity index (χ2v) is 4.52. The van der Waals surface area contributed by atoms with Crippen molar-refractivity contribution in [1.82, 2.24) is 10.2 Å². The Morgan fingerprint density at radius 2 is 2.06 bits per heavy atom. The molecule has 0 saturated carbocycles. The first-order valence-electron chi connectivity index (χ1n) is 6.39. The number of carbonyl (C=O) groups excluding carboxylic acids is 1. The number of rotatable bonds is 4. The molecule has 0 unspecified atom stereocenters. The van der Waals surface area contributed by atoms with Crippen LogP contribution >= 0.6 is 0 Å². The number of carbonyl (C=O) groups is 1. The maximum Gasteiger partial charge on any atom is 0.254 e. The van der Waals surface area contributed by atoms with Crippen molar-refractivity contribution in [3.8, 4) is 0 Å². The summed E-state index contributed by atoms with van der Waals surface area (Å²) in [7, 11) is 0. The number of nitrogens with one attached hydrogen (secondary N) is 1. The van der Waals surface area contributed by atoms with Gasteiger partial charge in [-0.05, 0) is 32.0 Å². The molecule has 2 rings (SSSR count). The number of hydrogen-bond acceptors (Lipinski definition) is 3. The van der Waals surface area contributed by atoms with Crippen molar-refractivity contribution in [3.05, 3.63) is 24.2 Å². The van der Waals surface area contributed by atoms with Gasteiger partial charge in [-0.3, -0.25) is 4.79 Å². The molecular formula is C13H20N2O2. The van der Waals surface area contributed by atoms with Gasteiger partial charge in [0.15, 0.2) is 0 Å². The SMILES string of the molecule is O=C(NCCN1CCCCCC1)c1ccoc1. The highest BCUT2D eigenvalue weighted by Crippen LogP contribution is 2.08. The molecule has 0 bridgehead atoms. The Bertz CT molecular complexity index is 327. The van der Waals surface area contributed by atoms with Gasteiger partial charge in [-0.1, -0.05) is 12.8 Å². The van der Waals surface area contributed by atoms with E-state index in [1.807, 2.05) is 0 Å². The summed E-state index contributed by atoms with van der Waals surface area (Å²) in [5.41, 5.74) is 0.598. The van der Waals surface area contributed by atoms with Crippen LogP contribution in [0.15, 0.2) is 23.0 Å². The molecule has 0 aromatic carbocycles. The number of likely N-dealkylation sites (tertiary alicyclic amines) is 1. The third kappa shape index (κ3) is 3.89. The predicted molar refractivity (Wildman–Crippen MR) is 65.9 cm³/mol. The molecule has 94 valence electrons. The van der Waals surface area contributed by atoms with Crippen molar-refractivity contribution in [2.75, 3.05) is 26.2 Å². The molecule has 1 aliphatic rings. The maximum absolute atomic E-state index is 11.6. The van der Waals surface area contributed by atoms with Crippen molar-refractivity contribution in [2.45, 2.75) is 25.7 Å². The summed E-state index contributed by atoms with van der Waals surface area (Å²) in [5.74, 6) is -0.0476. The van der Waals surface area contributed by atoms with Gasteiger partial charge in [-0.15, -0.1) is 0 Å². The minimum absolute atomic E-state index is 0.0476. The molecule has 0 spiro atoms. The van der Waals surface area contributed by atoms with E-state index in [1.165, 1.54) is 51.3 Å². The Morgan fingerprint density at radius 1 is 1.29 bits per heavy atom. The van der Waals surface area contributed by atoms with E-state index in [1.54, 1.807) is 6.07 Å². The molecular weight excluding hydrogens is 216 g/mol. The lowest BCUT2D eigenvalue weighted by molar-refractivity contribution is 0.0948. The Balaban J connectivity index is 1.66. The van der Waals surface area contributed by atoms with E-state index in [4.69, 9.17) is 4.42 Å². The molecule has 1 aromatic heterocycles. The maximum atomic E-state index is 11.6. The van der Waals surface area contributed by atoms with E-state index in [0.29, 0.717) is 12.1 Å². The number of nitrogens with zero attached hydrogens (tertiary/aromatic N) is 1. The fourth-order valence-corrected chi connectivity index (χ4v) is 2.18. The quantitative estimate of drug-likeness (QED) is 0.868. The minimum Gasteiger partial charge on any atom is -0.472 e. The zero-order valence-electron chi connectivity index (χ0n) is 10.2. The zero-order chi connectivity index (χ0) is 11.9. The smallest absolute Gasteiger partial charge is 0.254 e. The van der Waals surface area contributed by atoms with Crippen molar-refractivity contribution in [1.29, 1.82) is 0 Å². The van der Waals surface area contributed by atoms with Crippen LogP contribution in [-0.4, -0.2) is 37.0 Å². The highest BCUT2D eigenvalue weighted by molar-refractivity contribution is 5.93. The van der Waals surface area contributed by atoms with Crippen molar-refractivity contribution < 1.29 is 9.21 Å². The molecule has 0 aliphatic carbocycles. The van der Waals surface area contributed by atoms with Gasteiger partial charge in [0.1, 0.15) is 6.26 Å². The van der Waals surface area contributed by atoms with Crippen LogP contribution in [0.4, 0.5) is 0 Å². The van der Waals surface area contributed by atoms with Crippen LogP contribution in [0, 0.1) is 0 Å². The van der Waals surface area contributed by atoms with Crippen LogP contribution in [-0.2, 0) is 0 Å². The van der Waals surface area contributed by atoms with Crippen molar-refractivity contribution in [2.24, 2.45) is 0 Å². The van der Waals surface area contributed by atoms with E-state index in [-0.39, 0.29) is 5.91 Å². The minimum atomic E-state index is -0.0476. The highest BCUT2D eigenvalue weighted by Gasteiger charge is 2.10. The molecule has 4 heteroatoms. The fourth-order valence-electron chi connectivity index (χ4n) is 2.18. The van der Waals surface area contributed by atoms with Crippen LogP contribution in [0.2, 0.25) is 0 Å². The van der Waals surface area contributed by atoms with Crippen LogP contribution in [0.5, 0.6) is 0 Å². The molecule has 2 heterocycles. The summed E-state index contributed by atoms with van der Waals surface area (Å²) in [6.07, 6.45) is 8.26. The molecule has 1 fully saturated rings. The van der Waals surface area contributed by atoms with E-state index in [2.05, 4.69) is 10.2 Å². The van der Waals surface area contributed by atoms with Crippen LogP contribution in [0.1, 0.15) is 36.0 Å². The van der Waals surface area contributed by atoms with Gasteiger partial charge in [0.25, 0.3) is 5.91 Å². The van der Waals surface area contributed by atoms with Crippen LogP contribution < -0.4 is 5.32 Å². The van der Waals surface area contributed by atoms with Gasteiger partial charge >= 0.3 is 0 Å². The lowest BCUT2D eigenvalue weighted by Gasteiger charge is -2.19. The first kappa shape index (κ1) is 12.2. The number of hydrogen-bond donors (Lipinski definition) is 1. The van der Waals surface area contributed by atoms with Crippen LogP contribution in [0.3, 0.4) is 0 Å². The monoisotopic (exact) mass is 236 g/mol. The summed E-state index contributed by atoms with van der Waals surface area (Å²) >= 11 is 0. The molecule has 0 radical (unpaired) electrons. The van der Waals surface area contributed by atoms with Crippen molar-refractivity contribution >= 4 is 5.91 Å². The lowest BCUT2D eigenvalue weighted by Crippen LogP contribution is -2.35. The first-order chi connectivity index (χ1) is 8.36. The Kier molecular flexibility index (Phi) is 4.62. The molecule has 1 saturated heterocycles. The van der Waals surface area contributed by atoms with E-state index in [9.17, 15) is 4.79 Å². The normalized spacial score (nSPS) is 17.6. The molecule has 1 N–H and O–H groups in total. The van der Waals surface area contributed by atoms with Gasteiger partial charge < -0.3 is 14.6 Å². The third-order valence-corrected chi connectivity index (χ3v) is 3.20. The Labute approximate surface area is 102 Å². The standard InChI is InChI=1S/C13H20N2O2/c16-13(12-5-10-17-11-12)14-6-9-15-7-3-1-2-4-8-15/h5,10-11H,1-4,6-9H2,(H,14,16). The summed E-state index contributed by atoms with van der Waals surface area (Å²) in [6, 6.07) is 1.68. The molecule has 1 aliphatic heterocycles. The summed E-state index contributed by atoms with van der Waals surface area (Å²) < 4.78 is 4.88. The molecule has 17 heavy (non-hydrogen) atoms. The van der Waals surface area contributed by atoms with Gasteiger partial charge in [0, 0.05) is 13.1 Å². The average molecular weight is 236 g/mol. The fraction of sp³-hybridized carbons (Fsp3) is 0.615. The zero-order valence-corrected chi connectivity index (χ0v) is 10.2. The van der Waals surface area contributed by atoms with Gasteiger partial charge in [0.2, 0.25) is 0 Å². The highest BCUT2D eigenvalue weighted by atomic mass is 16.3. The topological polar surface area (TPSA) is 45.5 Å². The molecule has 1 aromatic rings. The van der Waals surface area contributed by atoms with Gasteiger partial charge in [-0.2, -0.15) is 0 Å². The summed E-state index contributed by atoms with van der Waals surface area (Å²) in [5, 5.41) is 2.91. The van der Waals surface area contributed by atoms with E-state index < -0.39 is 0 Å². The van der Waals surface area contributed by atoms with Gasteiger partial charge in [0.05, 0.1) is 11.8 Å². The average Bonchev–Trinajstić information content (AvgIpc) is 2.75. The lowest BCUT2D eigenvalue weighted by atomic mass is 10.2. The largest absolute Gasteiger partial charge is 0.472 e. The molecule has 0 atom stereocenters. The molecule has 1 amide bonds. The summed E-state index contributed by atoms with van der Waals surface area (Å²) in [6.45, 7) is 4.00. The van der Waals surface area contributed by atoms with E-state index in [0.717, 1.165) is 6.54 Å². The third-order valence-electron chi connectivity index (χ3n) is 3.20. The van der Waals surface area contributed by atoms with Crippen LogP contribution in [0.25, 0.3) is 0 Å². The second-order valence-electron chi connectivity index (χ2n) is 4.52. The number of furan rings is 1. The molecule has 4 nitrogen and oxygen atoms in total. The second kappa shape index (κ2) is 6.45. The Morgan fingerprint density at radius 3 is 2.71 bits per heavy atom. The van der Waals surface area contributed by atoms with Gasteiger partial charge in [-0.25, -0.2) is 0 Å². The van der Waals surface area contributed by atoms with Crippen molar-refractivity contribution in [3.63, 3.8) is 0 Å². The Hall–Kier alpha value is -1.29. The summed E-state index contributed by atoms with van der Waals surface area (Å²) in [4.78, 5) is 14.1. The predicted octanol–water partition coefficient (Wildman–Crippen LogP) is 1.89. The first-order valence-corrected chi connectivity index (χ1v) is 6.39. The van der Waals surface area contributed by atoms with E-state index >= 15 is 0 Å².